The second-order valence-corrected chi connectivity index (χ2v) is 4.76. The Morgan fingerprint density at radius 1 is 1.69 bits per heavy atom. The zero-order valence-corrected chi connectivity index (χ0v) is 10.2. The summed E-state index contributed by atoms with van der Waals surface area (Å²) < 4.78 is 0. The first-order valence-electron chi connectivity index (χ1n) is 5.54. The number of likely N-dealkylation sites (N-methyl/N-ethyl adjacent to an activating group) is 1. The van der Waals surface area contributed by atoms with Crippen molar-refractivity contribution in [3.05, 3.63) is 28.5 Å². The van der Waals surface area contributed by atoms with Crippen LogP contribution in [-0.2, 0) is 4.79 Å². The highest BCUT2D eigenvalue weighted by Gasteiger charge is 2.25. The van der Waals surface area contributed by atoms with Gasteiger partial charge in [-0.3, -0.25) is 4.79 Å². The Balaban J connectivity index is 1.95. The predicted octanol–water partition coefficient (Wildman–Crippen LogP) is 1.58. The Morgan fingerprint density at radius 3 is 3.00 bits per heavy atom. The summed E-state index contributed by atoms with van der Waals surface area (Å²) in [7, 11) is 0. The normalized spacial score (nSPS) is 16.3. The van der Waals surface area contributed by atoms with Gasteiger partial charge in [-0.25, -0.2) is 0 Å². The predicted molar refractivity (Wildman–Crippen MR) is 67.4 cm³/mol. The van der Waals surface area contributed by atoms with Gasteiger partial charge in [-0.2, -0.15) is 0 Å². The largest absolute Gasteiger partial charge is 0.334 e. The van der Waals surface area contributed by atoms with Gasteiger partial charge in [-0.1, -0.05) is 6.07 Å². The molecule has 1 aliphatic heterocycles. The van der Waals surface area contributed by atoms with E-state index in [-0.39, 0.29) is 5.91 Å². The van der Waals surface area contributed by atoms with Crippen LogP contribution in [0.4, 0.5) is 0 Å². The molecule has 0 atom stereocenters. The van der Waals surface area contributed by atoms with Crippen molar-refractivity contribution in [3.63, 3.8) is 0 Å². The van der Waals surface area contributed by atoms with E-state index in [2.05, 4.69) is 5.32 Å². The van der Waals surface area contributed by atoms with Gasteiger partial charge >= 0.3 is 0 Å². The highest BCUT2D eigenvalue weighted by atomic mass is 32.1. The smallest absolute Gasteiger partial charge is 0.246 e. The molecular formula is C12H16N2OS. The molecule has 1 N–H and O–H groups in total. The fourth-order valence-electron chi connectivity index (χ4n) is 1.72. The minimum Gasteiger partial charge on any atom is -0.334 e. The zero-order chi connectivity index (χ0) is 11.4. The summed E-state index contributed by atoms with van der Waals surface area (Å²) >= 11 is 1.64. The fraction of sp³-hybridized carbons (Fsp3) is 0.417. The Labute approximate surface area is 99.8 Å². The number of nitrogens with one attached hydrogen (secondary N) is 1. The maximum Gasteiger partial charge on any atom is 0.246 e. The average molecular weight is 236 g/mol. The molecular weight excluding hydrogens is 220 g/mol. The molecule has 1 fully saturated rings. The molecule has 1 saturated heterocycles. The molecule has 0 radical (unpaired) electrons. The number of carbonyl (C=O) groups excluding carboxylic acids is 1. The SMILES string of the molecule is CCN(C(=O)C=Cc1cccs1)C1CNC1. The van der Waals surface area contributed by atoms with Crippen molar-refractivity contribution in [2.24, 2.45) is 0 Å². The molecule has 2 heterocycles. The highest BCUT2D eigenvalue weighted by Crippen LogP contribution is 2.11. The van der Waals surface area contributed by atoms with Gasteiger partial charge in [0.2, 0.25) is 5.91 Å². The van der Waals surface area contributed by atoms with E-state index in [0.29, 0.717) is 6.04 Å². The van der Waals surface area contributed by atoms with Crippen molar-refractivity contribution in [3.8, 4) is 0 Å². The zero-order valence-electron chi connectivity index (χ0n) is 9.35. The second kappa shape index (κ2) is 5.27. The van der Waals surface area contributed by atoms with Crippen LogP contribution in [0.2, 0.25) is 0 Å². The minimum atomic E-state index is 0.113. The number of amides is 1. The molecule has 0 saturated carbocycles. The van der Waals surface area contributed by atoms with E-state index < -0.39 is 0 Å². The minimum absolute atomic E-state index is 0.113. The quantitative estimate of drug-likeness (QED) is 0.805. The summed E-state index contributed by atoms with van der Waals surface area (Å²) in [6.45, 7) is 4.65. The van der Waals surface area contributed by atoms with E-state index in [9.17, 15) is 4.79 Å². The van der Waals surface area contributed by atoms with Gasteiger partial charge in [0.1, 0.15) is 0 Å². The topological polar surface area (TPSA) is 32.3 Å². The lowest BCUT2D eigenvalue weighted by molar-refractivity contribution is -0.128. The maximum atomic E-state index is 11.9. The first kappa shape index (κ1) is 11.4. The van der Waals surface area contributed by atoms with Gasteiger partial charge in [-0.15, -0.1) is 11.3 Å². The van der Waals surface area contributed by atoms with E-state index >= 15 is 0 Å². The molecule has 3 nitrogen and oxygen atoms in total. The van der Waals surface area contributed by atoms with Gasteiger partial charge in [-0.05, 0) is 24.4 Å². The van der Waals surface area contributed by atoms with Crippen molar-refractivity contribution < 1.29 is 4.79 Å². The molecule has 0 unspecified atom stereocenters. The van der Waals surface area contributed by atoms with Crippen LogP contribution in [0, 0.1) is 0 Å². The van der Waals surface area contributed by atoms with Crippen LogP contribution in [0.3, 0.4) is 0 Å². The standard InChI is InChI=1S/C12H16N2OS/c1-2-14(10-8-13-9-10)12(15)6-5-11-4-3-7-16-11/h3-7,10,13H,2,8-9H2,1H3. The average Bonchev–Trinajstić information content (AvgIpc) is 2.72. The third-order valence-electron chi connectivity index (χ3n) is 2.76. The number of hydrogen-bond donors (Lipinski definition) is 1. The maximum absolute atomic E-state index is 11.9. The molecule has 86 valence electrons. The summed E-state index contributed by atoms with van der Waals surface area (Å²) in [6, 6.07) is 4.38. The van der Waals surface area contributed by atoms with Crippen LogP contribution in [0.5, 0.6) is 0 Å². The van der Waals surface area contributed by atoms with Crippen LogP contribution in [0.15, 0.2) is 23.6 Å². The Bertz CT molecular complexity index is 368. The molecule has 0 aromatic carbocycles. The van der Waals surface area contributed by atoms with Gasteiger partial charge < -0.3 is 10.2 Å². The van der Waals surface area contributed by atoms with Crippen molar-refractivity contribution in [1.82, 2.24) is 10.2 Å². The van der Waals surface area contributed by atoms with E-state index in [1.54, 1.807) is 17.4 Å². The molecule has 1 aliphatic rings. The number of carbonyl (C=O) groups is 1. The van der Waals surface area contributed by atoms with Crippen molar-refractivity contribution in [2.45, 2.75) is 13.0 Å². The molecule has 1 aromatic heterocycles. The van der Waals surface area contributed by atoms with Gasteiger partial charge in [0.15, 0.2) is 0 Å². The van der Waals surface area contributed by atoms with Crippen LogP contribution < -0.4 is 5.32 Å². The van der Waals surface area contributed by atoms with Crippen molar-refractivity contribution >= 4 is 23.3 Å². The summed E-state index contributed by atoms with van der Waals surface area (Å²) in [5, 5.41) is 5.20. The summed E-state index contributed by atoms with van der Waals surface area (Å²) in [4.78, 5) is 15.0. The molecule has 1 aromatic rings. The Hall–Kier alpha value is -1.13. The van der Waals surface area contributed by atoms with Crippen LogP contribution in [-0.4, -0.2) is 36.5 Å². The fourth-order valence-corrected chi connectivity index (χ4v) is 2.34. The number of nitrogens with zero attached hydrogens (tertiary/aromatic N) is 1. The lowest BCUT2D eigenvalue weighted by atomic mass is 10.1. The van der Waals surface area contributed by atoms with Crippen molar-refractivity contribution in [2.75, 3.05) is 19.6 Å². The third-order valence-corrected chi connectivity index (χ3v) is 3.60. The molecule has 4 heteroatoms. The number of rotatable bonds is 4. The Morgan fingerprint density at radius 2 is 2.50 bits per heavy atom. The van der Waals surface area contributed by atoms with Gasteiger partial charge in [0.25, 0.3) is 0 Å². The second-order valence-electron chi connectivity index (χ2n) is 3.79. The molecule has 1 amide bonds. The number of hydrogen-bond acceptors (Lipinski definition) is 3. The van der Waals surface area contributed by atoms with E-state index in [4.69, 9.17) is 0 Å². The van der Waals surface area contributed by atoms with Gasteiger partial charge in [0, 0.05) is 30.6 Å². The monoisotopic (exact) mass is 236 g/mol. The molecule has 0 aliphatic carbocycles. The summed E-state index contributed by atoms with van der Waals surface area (Å²) in [5.74, 6) is 0.113. The molecule has 0 spiro atoms. The van der Waals surface area contributed by atoms with Crippen LogP contribution in [0.1, 0.15) is 11.8 Å². The summed E-state index contributed by atoms with van der Waals surface area (Å²) in [6.07, 6.45) is 3.56. The molecule has 0 bridgehead atoms. The first-order chi connectivity index (χ1) is 7.81. The van der Waals surface area contributed by atoms with E-state index in [1.165, 1.54) is 0 Å². The van der Waals surface area contributed by atoms with E-state index in [1.807, 2.05) is 35.4 Å². The molecule has 2 rings (SSSR count). The van der Waals surface area contributed by atoms with Crippen LogP contribution >= 0.6 is 11.3 Å². The summed E-state index contributed by atoms with van der Waals surface area (Å²) in [5.41, 5.74) is 0. The van der Waals surface area contributed by atoms with Crippen molar-refractivity contribution in [1.29, 1.82) is 0 Å². The lowest BCUT2D eigenvalue weighted by Crippen LogP contribution is -2.58. The van der Waals surface area contributed by atoms with Crippen LogP contribution in [0.25, 0.3) is 6.08 Å². The number of thiophene rings is 1. The Kier molecular flexibility index (Phi) is 3.74. The third kappa shape index (κ3) is 2.51. The lowest BCUT2D eigenvalue weighted by Gasteiger charge is -2.37. The first-order valence-corrected chi connectivity index (χ1v) is 6.42. The van der Waals surface area contributed by atoms with Gasteiger partial charge in [0.05, 0.1) is 6.04 Å². The van der Waals surface area contributed by atoms with E-state index in [0.717, 1.165) is 24.5 Å². The highest BCUT2D eigenvalue weighted by molar-refractivity contribution is 7.10. The molecule has 16 heavy (non-hydrogen) atoms.